The number of nitrogens with two attached hydrogens (primary N) is 1. The van der Waals surface area contributed by atoms with E-state index in [-0.39, 0.29) is 22.7 Å². The smallest absolute Gasteiger partial charge is 0.395 e. The lowest BCUT2D eigenvalue weighted by molar-refractivity contribution is -0.0925. The number of alkyl halides is 3. The fraction of sp³-hybridized carbons (Fsp3) is 0.136. The van der Waals surface area contributed by atoms with Gasteiger partial charge in [-0.25, -0.2) is 17.2 Å². The average Bonchev–Trinajstić information content (AvgIpc) is 3.21. The van der Waals surface area contributed by atoms with Crippen LogP contribution in [0.25, 0.3) is 10.4 Å². The summed E-state index contributed by atoms with van der Waals surface area (Å²) < 4.78 is 89.7. The molecule has 2 N–H and O–H groups in total. The topological polar surface area (TPSA) is 72.5 Å². The molecular formula is C22H17F5N2O2S2. The van der Waals surface area contributed by atoms with E-state index in [4.69, 9.17) is 5.73 Å². The van der Waals surface area contributed by atoms with Crippen LogP contribution in [0.15, 0.2) is 76.3 Å². The summed E-state index contributed by atoms with van der Waals surface area (Å²) in [4.78, 5) is 5.05. The van der Waals surface area contributed by atoms with Gasteiger partial charge in [0.15, 0.2) is 9.84 Å². The summed E-state index contributed by atoms with van der Waals surface area (Å²) in [6, 6.07) is 12.0. The molecule has 0 bridgehead atoms. The van der Waals surface area contributed by atoms with Crippen LogP contribution in [0.2, 0.25) is 0 Å². The van der Waals surface area contributed by atoms with E-state index in [1.807, 2.05) is 0 Å². The number of allylic oxidation sites excluding steroid dienone is 2. The maximum atomic E-state index is 13.9. The second kappa shape index (κ2) is 9.44. The molecular weight excluding hydrogens is 483 g/mol. The number of aliphatic imine (C=N–C) groups is 1. The van der Waals surface area contributed by atoms with Crippen LogP contribution in [0.4, 0.5) is 22.0 Å². The van der Waals surface area contributed by atoms with Crippen molar-refractivity contribution in [1.82, 2.24) is 0 Å². The molecule has 0 unspecified atom stereocenters. The largest absolute Gasteiger partial charge is 0.430 e. The number of rotatable bonds is 6. The number of benzene rings is 2. The highest BCUT2D eigenvalue weighted by molar-refractivity contribution is 7.90. The van der Waals surface area contributed by atoms with Crippen molar-refractivity contribution in [3.63, 3.8) is 0 Å². The Morgan fingerprint density at radius 3 is 2.45 bits per heavy atom. The van der Waals surface area contributed by atoms with Crippen molar-refractivity contribution in [2.75, 3.05) is 6.26 Å². The molecule has 0 radical (unpaired) electrons. The van der Waals surface area contributed by atoms with Crippen LogP contribution in [-0.4, -0.2) is 26.6 Å². The number of nitrogens with zero attached hydrogens (tertiary/aromatic N) is 1. The lowest BCUT2D eigenvalue weighted by Crippen LogP contribution is -2.20. The van der Waals surface area contributed by atoms with Gasteiger partial charge in [0, 0.05) is 22.8 Å². The standard InChI is InChI=1S/C22H17F5N2O2S2/c1-33(30,31)16-4-2-3-13(9-16)19-7-8-20(32-19)18(11-21(28)22(25,26)27)29-12-14-5-6-15(23)10-17(14)24/h2-11H,12,28H2,1H3. The maximum absolute atomic E-state index is 13.9. The molecule has 0 spiro atoms. The molecule has 174 valence electrons. The fourth-order valence-electron chi connectivity index (χ4n) is 2.75. The molecule has 33 heavy (non-hydrogen) atoms. The van der Waals surface area contributed by atoms with Gasteiger partial charge in [0.2, 0.25) is 0 Å². The minimum Gasteiger partial charge on any atom is -0.395 e. The Hall–Kier alpha value is -3.05. The Labute approximate surface area is 190 Å². The van der Waals surface area contributed by atoms with E-state index in [2.05, 4.69) is 4.99 Å². The van der Waals surface area contributed by atoms with E-state index >= 15 is 0 Å². The summed E-state index contributed by atoms with van der Waals surface area (Å²) >= 11 is 1.06. The van der Waals surface area contributed by atoms with Gasteiger partial charge in [-0.1, -0.05) is 18.2 Å². The summed E-state index contributed by atoms with van der Waals surface area (Å²) in [5.41, 5.74) is 4.16. The number of hydrogen-bond acceptors (Lipinski definition) is 5. The third kappa shape index (κ3) is 6.26. The van der Waals surface area contributed by atoms with E-state index in [1.54, 1.807) is 18.2 Å². The molecule has 0 amide bonds. The first-order valence-electron chi connectivity index (χ1n) is 9.28. The molecule has 2 aromatic carbocycles. The molecule has 0 aliphatic carbocycles. The summed E-state index contributed by atoms with van der Waals surface area (Å²) in [5.74, 6) is -1.67. The van der Waals surface area contributed by atoms with Gasteiger partial charge in [0.1, 0.15) is 17.3 Å². The highest BCUT2D eigenvalue weighted by Gasteiger charge is 2.32. The van der Waals surface area contributed by atoms with Crippen molar-refractivity contribution in [3.8, 4) is 10.4 Å². The van der Waals surface area contributed by atoms with Gasteiger partial charge in [-0.15, -0.1) is 11.3 Å². The molecule has 0 atom stereocenters. The summed E-state index contributed by atoms with van der Waals surface area (Å²) in [6.07, 6.45) is -3.09. The van der Waals surface area contributed by atoms with E-state index in [9.17, 15) is 30.4 Å². The lowest BCUT2D eigenvalue weighted by atomic mass is 10.2. The van der Waals surface area contributed by atoms with Crippen LogP contribution in [0.1, 0.15) is 10.4 Å². The van der Waals surface area contributed by atoms with E-state index in [0.29, 0.717) is 27.5 Å². The van der Waals surface area contributed by atoms with Crippen LogP contribution in [0, 0.1) is 11.6 Å². The van der Waals surface area contributed by atoms with Crippen molar-refractivity contribution < 1.29 is 30.4 Å². The van der Waals surface area contributed by atoms with Crippen LogP contribution in [0.3, 0.4) is 0 Å². The van der Waals surface area contributed by atoms with Crippen molar-refractivity contribution >= 4 is 26.9 Å². The first-order chi connectivity index (χ1) is 15.3. The Morgan fingerprint density at radius 1 is 1.09 bits per heavy atom. The zero-order valence-electron chi connectivity index (χ0n) is 17.0. The second-order valence-electron chi connectivity index (χ2n) is 7.00. The third-order valence-corrected chi connectivity index (χ3v) is 6.73. The minimum atomic E-state index is -4.80. The molecule has 11 heteroatoms. The zero-order chi connectivity index (χ0) is 24.4. The highest BCUT2D eigenvalue weighted by atomic mass is 32.2. The third-order valence-electron chi connectivity index (χ3n) is 4.46. The van der Waals surface area contributed by atoms with Crippen molar-refractivity contribution in [1.29, 1.82) is 0 Å². The molecule has 3 aromatic rings. The molecule has 1 heterocycles. The number of thiophene rings is 1. The molecule has 0 saturated heterocycles. The molecule has 0 aliphatic heterocycles. The highest BCUT2D eigenvalue weighted by Crippen LogP contribution is 2.31. The van der Waals surface area contributed by atoms with Crippen LogP contribution in [-0.2, 0) is 16.4 Å². The van der Waals surface area contributed by atoms with Gasteiger partial charge in [0.05, 0.1) is 22.0 Å². The molecule has 3 rings (SSSR count). The molecule has 1 aromatic heterocycles. The monoisotopic (exact) mass is 500 g/mol. The first kappa shape index (κ1) is 24.6. The van der Waals surface area contributed by atoms with Crippen molar-refractivity contribution in [3.05, 3.63) is 88.4 Å². The van der Waals surface area contributed by atoms with Gasteiger partial charge in [-0.05, 0) is 42.0 Å². The molecule has 0 saturated carbocycles. The second-order valence-corrected chi connectivity index (χ2v) is 10.1. The summed E-state index contributed by atoms with van der Waals surface area (Å²) in [5, 5.41) is 0. The van der Waals surface area contributed by atoms with Crippen LogP contribution >= 0.6 is 11.3 Å². The Balaban J connectivity index is 2.02. The Morgan fingerprint density at radius 2 is 1.82 bits per heavy atom. The normalized spacial score (nSPS) is 13.4. The fourth-order valence-corrected chi connectivity index (χ4v) is 4.40. The van der Waals surface area contributed by atoms with E-state index < -0.39 is 33.3 Å². The number of sulfone groups is 1. The van der Waals surface area contributed by atoms with Crippen LogP contribution < -0.4 is 5.73 Å². The lowest BCUT2D eigenvalue weighted by Gasteiger charge is -2.08. The molecule has 0 aliphatic rings. The van der Waals surface area contributed by atoms with Gasteiger partial charge in [0.25, 0.3) is 0 Å². The first-order valence-corrected chi connectivity index (χ1v) is 12.0. The molecule has 4 nitrogen and oxygen atoms in total. The van der Waals surface area contributed by atoms with Gasteiger partial charge < -0.3 is 5.73 Å². The summed E-state index contributed by atoms with van der Waals surface area (Å²) in [7, 11) is -3.45. The van der Waals surface area contributed by atoms with Gasteiger partial charge >= 0.3 is 6.18 Å². The van der Waals surface area contributed by atoms with E-state index in [1.165, 1.54) is 18.2 Å². The minimum absolute atomic E-state index is 0.00878. The average molecular weight is 501 g/mol. The number of hydrogen-bond donors (Lipinski definition) is 1. The molecule has 0 fully saturated rings. The maximum Gasteiger partial charge on any atom is 0.430 e. The zero-order valence-corrected chi connectivity index (χ0v) is 18.7. The predicted octanol–water partition coefficient (Wildman–Crippen LogP) is 5.49. The SMILES string of the molecule is CS(=O)(=O)c1cccc(-c2ccc(C(C=C(N)C(F)(F)F)=NCc3ccc(F)cc3F)s2)c1. The predicted molar refractivity (Wildman–Crippen MR) is 118 cm³/mol. The van der Waals surface area contributed by atoms with Crippen molar-refractivity contribution in [2.24, 2.45) is 10.7 Å². The van der Waals surface area contributed by atoms with E-state index in [0.717, 1.165) is 29.7 Å². The van der Waals surface area contributed by atoms with Gasteiger partial charge in [-0.3, -0.25) is 4.99 Å². The van der Waals surface area contributed by atoms with Gasteiger partial charge in [-0.2, -0.15) is 13.2 Å². The van der Waals surface area contributed by atoms with Crippen molar-refractivity contribution in [2.45, 2.75) is 17.6 Å². The Bertz CT molecular complexity index is 1340. The quantitative estimate of drug-likeness (QED) is 0.359. The van der Waals surface area contributed by atoms with Crippen LogP contribution in [0.5, 0.6) is 0 Å². The Kier molecular flexibility index (Phi) is 7.03. The summed E-state index contributed by atoms with van der Waals surface area (Å²) in [6.45, 7) is -0.347. The number of halogens is 5.